The van der Waals surface area contributed by atoms with Gasteiger partial charge in [0.1, 0.15) is 0 Å². The summed E-state index contributed by atoms with van der Waals surface area (Å²) in [6, 6.07) is 3.47. The Labute approximate surface area is 107 Å². The van der Waals surface area contributed by atoms with Gasteiger partial charge in [0.25, 0.3) is 5.56 Å². The van der Waals surface area contributed by atoms with E-state index < -0.39 is 0 Å². The van der Waals surface area contributed by atoms with E-state index in [-0.39, 0.29) is 11.4 Å². The van der Waals surface area contributed by atoms with Gasteiger partial charge < -0.3 is 10.1 Å². The van der Waals surface area contributed by atoms with E-state index in [9.17, 15) is 9.90 Å². The SMILES string of the molecule is CCCc1c(O)nc(-c2ccc(Cl)s2)[nH]c1=O. The fourth-order valence-electron chi connectivity index (χ4n) is 1.52. The van der Waals surface area contributed by atoms with Gasteiger partial charge in [0.15, 0.2) is 5.82 Å². The van der Waals surface area contributed by atoms with Crippen LogP contribution in [0.4, 0.5) is 0 Å². The maximum atomic E-state index is 11.7. The van der Waals surface area contributed by atoms with Crippen molar-refractivity contribution in [2.24, 2.45) is 0 Å². The first-order valence-electron chi connectivity index (χ1n) is 5.19. The molecule has 0 bridgehead atoms. The fourth-order valence-corrected chi connectivity index (χ4v) is 2.51. The molecule has 2 N–H and O–H groups in total. The summed E-state index contributed by atoms with van der Waals surface area (Å²) in [5.41, 5.74) is 0.0396. The summed E-state index contributed by atoms with van der Waals surface area (Å²) in [5.74, 6) is 0.152. The molecule has 0 saturated carbocycles. The summed E-state index contributed by atoms with van der Waals surface area (Å²) < 4.78 is 0.611. The minimum atomic E-state index is -0.293. The maximum Gasteiger partial charge on any atom is 0.258 e. The topological polar surface area (TPSA) is 66.0 Å². The second-order valence-electron chi connectivity index (χ2n) is 3.57. The van der Waals surface area contributed by atoms with Gasteiger partial charge >= 0.3 is 0 Å². The first-order valence-corrected chi connectivity index (χ1v) is 6.39. The lowest BCUT2D eigenvalue weighted by Gasteiger charge is -2.03. The van der Waals surface area contributed by atoms with Crippen LogP contribution in [-0.4, -0.2) is 15.1 Å². The smallest absolute Gasteiger partial charge is 0.258 e. The van der Waals surface area contributed by atoms with E-state index in [1.165, 1.54) is 11.3 Å². The normalized spacial score (nSPS) is 10.7. The van der Waals surface area contributed by atoms with Gasteiger partial charge in [-0.2, -0.15) is 4.98 Å². The molecule has 2 rings (SSSR count). The van der Waals surface area contributed by atoms with E-state index in [4.69, 9.17) is 11.6 Å². The number of aromatic amines is 1. The van der Waals surface area contributed by atoms with E-state index >= 15 is 0 Å². The molecule has 90 valence electrons. The number of hydrogen-bond donors (Lipinski definition) is 2. The molecular formula is C11H11ClN2O2S. The number of aromatic hydroxyl groups is 1. The summed E-state index contributed by atoms with van der Waals surface area (Å²) in [6.45, 7) is 1.94. The zero-order valence-corrected chi connectivity index (χ0v) is 10.7. The van der Waals surface area contributed by atoms with Gasteiger partial charge in [-0.3, -0.25) is 4.79 Å². The molecule has 0 fully saturated rings. The van der Waals surface area contributed by atoms with E-state index in [0.29, 0.717) is 22.1 Å². The van der Waals surface area contributed by atoms with Crippen LogP contribution < -0.4 is 5.56 Å². The molecule has 0 saturated heterocycles. The quantitative estimate of drug-likeness (QED) is 0.901. The summed E-state index contributed by atoms with van der Waals surface area (Å²) in [6.07, 6.45) is 1.29. The fraction of sp³-hybridized carbons (Fsp3) is 0.273. The summed E-state index contributed by atoms with van der Waals surface area (Å²) in [4.78, 5) is 19.1. The Balaban J connectivity index is 2.49. The molecule has 0 amide bonds. The van der Waals surface area contributed by atoms with Gasteiger partial charge in [-0.05, 0) is 18.6 Å². The van der Waals surface area contributed by atoms with Gasteiger partial charge in [0.2, 0.25) is 5.88 Å². The Kier molecular flexibility index (Phi) is 3.49. The predicted molar refractivity (Wildman–Crippen MR) is 68.8 cm³/mol. The first-order chi connectivity index (χ1) is 8.11. The van der Waals surface area contributed by atoms with Crippen molar-refractivity contribution in [1.29, 1.82) is 0 Å². The van der Waals surface area contributed by atoms with Crippen molar-refractivity contribution in [1.82, 2.24) is 9.97 Å². The molecule has 0 aromatic carbocycles. The average Bonchev–Trinajstić information content (AvgIpc) is 2.70. The molecule has 2 heterocycles. The van der Waals surface area contributed by atoms with Crippen molar-refractivity contribution in [3.05, 3.63) is 32.4 Å². The highest BCUT2D eigenvalue weighted by atomic mass is 35.5. The van der Waals surface area contributed by atoms with E-state index in [2.05, 4.69) is 9.97 Å². The van der Waals surface area contributed by atoms with Crippen molar-refractivity contribution in [2.45, 2.75) is 19.8 Å². The second kappa shape index (κ2) is 4.89. The second-order valence-corrected chi connectivity index (χ2v) is 5.29. The maximum absolute atomic E-state index is 11.7. The number of nitrogens with zero attached hydrogens (tertiary/aromatic N) is 1. The zero-order chi connectivity index (χ0) is 12.4. The molecule has 6 heteroatoms. The number of H-pyrrole nitrogens is 1. The number of hydrogen-bond acceptors (Lipinski definition) is 4. The van der Waals surface area contributed by atoms with Gasteiger partial charge in [-0.15, -0.1) is 11.3 Å². The molecule has 2 aromatic rings. The first kappa shape index (κ1) is 12.1. The lowest BCUT2D eigenvalue weighted by molar-refractivity contribution is 0.443. The van der Waals surface area contributed by atoms with Crippen LogP contribution in [0.15, 0.2) is 16.9 Å². The molecule has 0 atom stereocenters. The van der Waals surface area contributed by atoms with Crippen LogP contribution in [0.5, 0.6) is 5.88 Å². The minimum absolute atomic E-state index is 0.199. The Morgan fingerprint density at radius 1 is 1.53 bits per heavy atom. The van der Waals surface area contributed by atoms with Crippen LogP contribution in [0.1, 0.15) is 18.9 Å². The van der Waals surface area contributed by atoms with E-state index in [0.717, 1.165) is 11.3 Å². The van der Waals surface area contributed by atoms with Crippen molar-refractivity contribution in [3.8, 4) is 16.6 Å². The molecule has 0 aliphatic heterocycles. The molecule has 0 unspecified atom stereocenters. The number of halogens is 1. The highest BCUT2D eigenvalue weighted by Gasteiger charge is 2.12. The average molecular weight is 271 g/mol. The number of aromatic nitrogens is 2. The van der Waals surface area contributed by atoms with Gasteiger partial charge in [0, 0.05) is 0 Å². The van der Waals surface area contributed by atoms with Crippen molar-refractivity contribution in [3.63, 3.8) is 0 Å². The summed E-state index contributed by atoms with van der Waals surface area (Å²) in [5, 5.41) is 9.71. The van der Waals surface area contributed by atoms with Crippen molar-refractivity contribution < 1.29 is 5.11 Å². The highest BCUT2D eigenvalue weighted by Crippen LogP contribution is 2.29. The van der Waals surface area contributed by atoms with Crippen molar-refractivity contribution >= 4 is 22.9 Å². The molecule has 2 aromatic heterocycles. The van der Waals surface area contributed by atoms with Crippen LogP contribution in [0.2, 0.25) is 4.34 Å². The van der Waals surface area contributed by atoms with Gasteiger partial charge in [0.05, 0.1) is 14.8 Å². The van der Waals surface area contributed by atoms with E-state index in [1.54, 1.807) is 12.1 Å². The summed E-state index contributed by atoms with van der Waals surface area (Å²) >= 11 is 7.11. The molecular weight excluding hydrogens is 260 g/mol. The monoisotopic (exact) mass is 270 g/mol. The predicted octanol–water partition coefficient (Wildman–Crippen LogP) is 2.81. The molecule has 17 heavy (non-hydrogen) atoms. The Morgan fingerprint density at radius 2 is 2.29 bits per heavy atom. The Hall–Kier alpha value is -1.33. The molecule has 0 aliphatic carbocycles. The van der Waals surface area contributed by atoms with Crippen LogP contribution in [0, 0.1) is 0 Å². The van der Waals surface area contributed by atoms with Crippen LogP contribution >= 0.6 is 22.9 Å². The molecule has 0 radical (unpaired) electrons. The summed E-state index contributed by atoms with van der Waals surface area (Å²) in [7, 11) is 0. The van der Waals surface area contributed by atoms with Crippen molar-refractivity contribution in [2.75, 3.05) is 0 Å². The zero-order valence-electron chi connectivity index (χ0n) is 9.16. The highest BCUT2D eigenvalue weighted by molar-refractivity contribution is 7.19. The molecule has 0 aliphatic rings. The van der Waals surface area contributed by atoms with Crippen LogP contribution in [0.25, 0.3) is 10.7 Å². The largest absolute Gasteiger partial charge is 0.493 e. The Morgan fingerprint density at radius 3 is 2.82 bits per heavy atom. The minimum Gasteiger partial charge on any atom is -0.493 e. The number of rotatable bonds is 3. The number of nitrogens with one attached hydrogen (secondary N) is 1. The standard InChI is InChI=1S/C11H11ClN2O2S/c1-2-3-6-10(15)13-9(14-11(6)16)7-4-5-8(12)17-7/h4-5H,2-3H2,1H3,(H2,13,14,15,16). The molecule has 4 nitrogen and oxygen atoms in total. The third kappa shape index (κ3) is 2.50. The lowest BCUT2D eigenvalue weighted by Crippen LogP contribution is -2.14. The van der Waals surface area contributed by atoms with Gasteiger partial charge in [-0.25, -0.2) is 0 Å². The van der Waals surface area contributed by atoms with Crippen LogP contribution in [-0.2, 0) is 6.42 Å². The van der Waals surface area contributed by atoms with Gasteiger partial charge in [-0.1, -0.05) is 24.9 Å². The van der Waals surface area contributed by atoms with Crippen LogP contribution in [0.3, 0.4) is 0 Å². The third-order valence-electron chi connectivity index (χ3n) is 2.30. The number of thiophene rings is 1. The third-order valence-corrected chi connectivity index (χ3v) is 3.54. The Bertz CT molecular complexity index is 591. The van der Waals surface area contributed by atoms with E-state index in [1.807, 2.05) is 6.92 Å². The molecule has 0 spiro atoms. The lowest BCUT2D eigenvalue weighted by atomic mass is 10.2.